The highest BCUT2D eigenvalue weighted by Crippen LogP contribution is 2.43. The standard InChI is InChI=1S/C16H16O3S/c1-3-11-6-8-15-14(9-11)19-13-7-5-12(4-2)10-16(13)20(15,17)18/h5-10H,3-4H2,1-2H3. The summed E-state index contributed by atoms with van der Waals surface area (Å²) in [4.78, 5) is 0.532. The van der Waals surface area contributed by atoms with E-state index in [2.05, 4.69) is 0 Å². The molecule has 0 radical (unpaired) electrons. The molecule has 0 spiro atoms. The summed E-state index contributed by atoms with van der Waals surface area (Å²) >= 11 is 0. The van der Waals surface area contributed by atoms with Crippen molar-refractivity contribution >= 4 is 9.84 Å². The zero-order chi connectivity index (χ0) is 14.3. The summed E-state index contributed by atoms with van der Waals surface area (Å²) in [6, 6.07) is 10.7. The van der Waals surface area contributed by atoms with Crippen LogP contribution in [0, 0.1) is 0 Å². The first-order valence-electron chi connectivity index (χ1n) is 6.75. The lowest BCUT2D eigenvalue weighted by Gasteiger charge is -2.21. The fraction of sp³-hybridized carbons (Fsp3) is 0.250. The summed E-state index contributed by atoms with van der Waals surface area (Å²) in [7, 11) is -3.48. The molecular weight excluding hydrogens is 272 g/mol. The molecule has 3 rings (SSSR count). The van der Waals surface area contributed by atoms with Crippen LogP contribution < -0.4 is 4.74 Å². The van der Waals surface area contributed by atoms with Crippen LogP contribution in [0.2, 0.25) is 0 Å². The van der Waals surface area contributed by atoms with Crippen molar-refractivity contribution in [3.63, 3.8) is 0 Å². The Kier molecular flexibility index (Phi) is 3.05. The van der Waals surface area contributed by atoms with Gasteiger partial charge in [-0.05, 0) is 48.2 Å². The highest BCUT2D eigenvalue weighted by atomic mass is 32.2. The van der Waals surface area contributed by atoms with Crippen LogP contribution in [0.1, 0.15) is 25.0 Å². The third kappa shape index (κ3) is 1.91. The third-order valence-corrected chi connectivity index (χ3v) is 5.45. The molecule has 0 saturated carbocycles. The molecule has 4 heteroatoms. The van der Waals surface area contributed by atoms with Gasteiger partial charge in [0.2, 0.25) is 9.84 Å². The molecule has 0 aromatic heterocycles. The van der Waals surface area contributed by atoms with Crippen molar-refractivity contribution in [1.29, 1.82) is 0 Å². The molecule has 2 aromatic carbocycles. The molecule has 0 amide bonds. The lowest BCUT2D eigenvalue weighted by atomic mass is 10.1. The molecule has 2 aromatic rings. The van der Waals surface area contributed by atoms with Crippen molar-refractivity contribution < 1.29 is 13.2 Å². The van der Waals surface area contributed by atoms with Crippen molar-refractivity contribution in [2.24, 2.45) is 0 Å². The van der Waals surface area contributed by atoms with E-state index < -0.39 is 9.84 Å². The molecular formula is C16H16O3S. The van der Waals surface area contributed by atoms with E-state index in [9.17, 15) is 8.42 Å². The van der Waals surface area contributed by atoms with Crippen molar-refractivity contribution in [3.8, 4) is 11.5 Å². The minimum Gasteiger partial charge on any atom is -0.455 e. The predicted molar refractivity (Wildman–Crippen MR) is 77.2 cm³/mol. The molecule has 0 atom stereocenters. The number of hydrogen-bond acceptors (Lipinski definition) is 3. The topological polar surface area (TPSA) is 43.4 Å². The Morgan fingerprint density at radius 3 is 2.20 bits per heavy atom. The SMILES string of the molecule is CCc1ccc2c(c1)Oc1ccc(CC)cc1S2(=O)=O. The molecule has 1 aliphatic heterocycles. The number of aryl methyl sites for hydroxylation is 2. The van der Waals surface area contributed by atoms with Gasteiger partial charge in [-0.25, -0.2) is 8.42 Å². The first-order valence-corrected chi connectivity index (χ1v) is 8.23. The number of ether oxygens (including phenoxy) is 1. The molecule has 1 aliphatic rings. The summed E-state index contributed by atoms with van der Waals surface area (Å²) in [6.45, 7) is 4.03. The van der Waals surface area contributed by atoms with E-state index in [-0.39, 0.29) is 9.79 Å². The monoisotopic (exact) mass is 288 g/mol. The van der Waals surface area contributed by atoms with Crippen LogP contribution in [-0.4, -0.2) is 8.42 Å². The molecule has 104 valence electrons. The second-order valence-electron chi connectivity index (χ2n) is 4.87. The third-order valence-electron chi connectivity index (χ3n) is 3.63. The fourth-order valence-electron chi connectivity index (χ4n) is 2.38. The number of hydrogen-bond donors (Lipinski definition) is 0. The largest absolute Gasteiger partial charge is 0.455 e. The number of benzene rings is 2. The molecule has 0 fully saturated rings. The molecule has 1 heterocycles. The lowest BCUT2D eigenvalue weighted by molar-refractivity contribution is 0.442. The molecule has 20 heavy (non-hydrogen) atoms. The Labute approximate surface area is 119 Å². The van der Waals surface area contributed by atoms with Gasteiger partial charge in [0.05, 0.1) is 0 Å². The predicted octanol–water partition coefficient (Wildman–Crippen LogP) is 3.75. The molecule has 0 aliphatic carbocycles. The maximum Gasteiger partial charge on any atom is 0.213 e. The fourth-order valence-corrected chi connectivity index (χ4v) is 3.91. The van der Waals surface area contributed by atoms with Gasteiger partial charge in [-0.1, -0.05) is 26.0 Å². The molecule has 0 unspecified atom stereocenters. The van der Waals surface area contributed by atoms with Gasteiger partial charge in [-0.2, -0.15) is 0 Å². The number of sulfone groups is 1. The van der Waals surface area contributed by atoms with Crippen molar-refractivity contribution in [2.45, 2.75) is 36.5 Å². The quantitative estimate of drug-likeness (QED) is 0.721. The van der Waals surface area contributed by atoms with Crippen molar-refractivity contribution in [2.75, 3.05) is 0 Å². The number of rotatable bonds is 2. The average molecular weight is 288 g/mol. The summed E-state index contributed by atoms with van der Waals surface area (Å²) in [5.74, 6) is 0.851. The van der Waals surface area contributed by atoms with E-state index >= 15 is 0 Å². The van der Waals surface area contributed by atoms with E-state index in [4.69, 9.17) is 4.74 Å². The van der Waals surface area contributed by atoms with Gasteiger partial charge in [0.25, 0.3) is 0 Å². The highest BCUT2D eigenvalue weighted by Gasteiger charge is 2.31. The maximum absolute atomic E-state index is 12.7. The van der Waals surface area contributed by atoms with E-state index in [0.717, 1.165) is 24.0 Å². The van der Waals surface area contributed by atoms with Gasteiger partial charge < -0.3 is 4.74 Å². The molecule has 0 N–H and O–H groups in total. The average Bonchev–Trinajstić information content (AvgIpc) is 2.46. The maximum atomic E-state index is 12.7. The van der Waals surface area contributed by atoms with Crippen LogP contribution in [0.4, 0.5) is 0 Å². The first kappa shape index (κ1) is 13.2. The summed E-state index contributed by atoms with van der Waals surface area (Å²) in [6.07, 6.45) is 1.64. The van der Waals surface area contributed by atoms with E-state index in [0.29, 0.717) is 11.5 Å². The first-order chi connectivity index (χ1) is 9.56. The summed E-state index contributed by atoms with van der Waals surface area (Å²) in [5, 5.41) is 0. The van der Waals surface area contributed by atoms with Crippen LogP contribution >= 0.6 is 0 Å². The minimum absolute atomic E-state index is 0.260. The van der Waals surface area contributed by atoms with Crippen LogP contribution in [0.15, 0.2) is 46.2 Å². The normalized spacial score (nSPS) is 15.1. The van der Waals surface area contributed by atoms with E-state index in [1.165, 1.54) is 0 Å². The Morgan fingerprint density at radius 1 is 0.850 bits per heavy atom. The van der Waals surface area contributed by atoms with Gasteiger partial charge in [0.1, 0.15) is 21.3 Å². The van der Waals surface area contributed by atoms with Crippen LogP contribution in [0.3, 0.4) is 0 Å². The Bertz CT molecular complexity index is 776. The van der Waals surface area contributed by atoms with Gasteiger partial charge in [0.15, 0.2) is 0 Å². The Balaban J connectivity index is 2.23. The Morgan fingerprint density at radius 2 is 1.50 bits per heavy atom. The van der Waals surface area contributed by atoms with Crippen molar-refractivity contribution in [1.82, 2.24) is 0 Å². The second kappa shape index (κ2) is 4.63. The number of fused-ring (bicyclic) bond motifs is 2. The second-order valence-corrected chi connectivity index (χ2v) is 6.76. The zero-order valence-electron chi connectivity index (χ0n) is 11.5. The highest BCUT2D eigenvalue weighted by molar-refractivity contribution is 7.91. The van der Waals surface area contributed by atoms with Gasteiger partial charge in [-0.3, -0.25) is 0 Å². The molecule has 0 bridgehead atoms. The summed E-state index contributed by atoms with van der Waals surface area (Å²) < 4.78 is 31.1. The van der Waals surface area contributed by atoms with Gasteiger partial charge in [-0.15, -0.1) is 0 Å². The molecule has 3 nitrogen and oxygen atoms in total. The van der Waals surface area contributed by atoms with E-state index in [1.807, 2.05) is 32.0 Å². The minimum atomic E-state index is -3.48. The Hall–Kier alpha value is -1.81. The zero-order valence-corrected chi connectivity index (χ0v) is 12.3. The smallest absolute Gasteiger partial charge is 0.213 e. The lowest BCUT2D eigenvalue weighted by Crippen LogP contribution is -2.11. The van der Waals surface area contributed by atoms with Crippen LogP contribution in [-0.2, 0) is 22.7 Å². The van der Waals surface area contributed by atoms with Gasteiger partial charge in [0, 0.05) is 0 Å². The molecule has 0 saturated heterocycles. The summed E-state index contributed by atoms with van der Waals surface area (Å²) in [5.41, 5.74) is 2.05. The van der Waals surface area contributed by atoms with Crippen molar-refractivity contribution in [3.05, 3.63) is 47.5 Å². The van der Waals surface area contributed by atoms with E-state index in [1.54, 1.807) is 18.2 Å². The van der Waals surface area contributed by atoms with Crippen LogP contribution in [0.25, 0.3) is 0 Å². The van der Waals surface area contributed by atoms with Crippen LogP contribution in [0.5, 0.6) is 11.5 Å². The van der Waals surface area contributed by atoms with Gasteiger partial charge >= 0.3 is 0 Å².